The van der Waals surface area contributed by atoms with E-state index >= 15 is 0 Å². The van der Waals surface area contributed by atoms with Gasteiger partial charge in [0.1, 0.15) is 0 Å². The minimum absolute atomic E-state index is 0.421. The van der Waals surface area contributed by atoms with Gasteiger partial charge in [-0.05, 0) is 26.2 Å². The van der Waals surface area contributed by atoms with Gasteiger partial charge in [0, 0.05) is 24.4 Å². The highest BCUT2D eigenvalue weighted by molar-refractivity contribution is 7.94. The fourth-order valence-electron chi connectivity index (χ4n) is 2.50. The topological polar surface area (TPSA) is 72.3 Å². The lowest BCUT2D eigenvalue weighted by Gasteiger charge is -2.20. The van der Waals surface area contributed by atoms with Crippen LogP contribution < -0.4 is 14.8 Å². The molecule has 0 amide bonds. The first-order valence-corrected chi connectivity index (χ1v) is 10.6. The van der Waals surface area contributed by atoms with Crippen LogP contribution in [-0.4, -0.2) is 35.7 Å². The summed E-state index contributed by atoms with van der Waals surface area (Å²) in [5, 5.41) is 3.21. The van der Waals surface area contributed by atoms with E-state index in [9.17, 15) is 4.21 Å². The molecule has 1 N–H and O–H groups in total. The first-order valence-electron chi connectivity index (χ1n) is 8.94. The number of rotatable bonds is 8. The third kappa shape index (κ3) is 4.66. The van der Waals surface area contributed by atoms with Crippen LogP contribution >= 0.6 is 0 Å². The Morgan fingerprint density at radius 1 is 1.12 bits per heavy atom. The van der Waals surface area contributed by atoms with Crippen molar-refractivity contribution in [2.45, 2.75) is 45.9 Å². The average Bonchev–Trinajstić information content (AvgIpc) is 2.56. The molecule has 1 heterocycles. The van der Waals surface area contributed by atoms with Crippen molar-refractivity contribution in [1.29, 1.82) is 0 Å². The zero-order valence-electron chi connectivity index (χ0n) is 15.8. The van der Waals surface area contributed by atoms with Gasteiger partial charge in [0.2, 0.25) is 5.96 Å². The minimum Gasteiger partial charge on any atom is -0.490 e. The van der Waals surface area contributed by atoms with E-state index in [0.29, 0.717) is 52.9 Å². The van der Waals surface area contributed by atoms with Crippen LogP contribution in [0.1, 0.15) is 41.0 Å². The van der Waals surface area contributed by atoms with E-state index in [4.69, 9.17) is 9.47 Å². The van der Waals surface area contributed by atoms with Crippen LogP contribution in [0.3, 0.4) is 0 Å². The summed E-state index contributed by atoms with van der Waals surface area (Å²) < 4.78 is 29.1. The molecule has 2 rings (SSSR count). The molecule has 0 bridgehead atoms. The highest BCUT2D eigenvalue weighted by atomic mass is 32.2. The standard InChI is InChI=1S/C18H29N3O3S/c1-6-23-15-11-14-17(12-16(15)24-7-2)25(22,8-3)21-18(20-14)19-10-9-13(4)5/h11-13H,6-10H2,1-5H3,(H,19,20,21,22). The zero-order chi connectivity index (χ0) is 18.4. The number of hydrogen-bond donors (Lipinski definition) is 1. The molecule has 25 heavy (non-hydrogen) atoms. The maximum atomic E-state index is 13.3. The molecule has 0 aromatic heterocycles. The van der Waals surface area contributed by atoms with Gasteiger partial charge in [-0.15, -0.1) is 0 Å². The van der Waals surface area contributed by atoms with E-state index in [2.05, 4.69) is 28.5 Å². The third-order valence-corrected chi connectivity index (χ3v) is 6.09. The van der Waals surface area contributed by atoms with E-state index in [-0.39, 0.29) is 0 Å². The number of nitrogens with zero attached hydrogens (tertiary/aromatic N) is 2. The molecule has 0 fully saturated rings. The second kappa shape index (κ2) is 8.56. The van der Waals surface area contributed by atoms with Gasteiger partial charge in [0.15, 0.2) is 11.5 Å². The van der Waals surface area contributed by atoms with Crippen LogP contribution in [0.4, 0.5) is 5.69 Å². The molecule has 1 aromatic carbocycles. The number of guanidine groups is 1. The van der Waals surface area contributed by atoms with Crippen molar-refractivity contribution in [2.75, 3.05) is 25.5 Å². The SMILES string of the molecule is CCOc1cc2c(cc1OCC)S(=O)(CC)=NC(NCCC(C)C)=N2. The van der Waals surface area contributed by atoms with Gasteiger partial charge in [-0.2, -0.15) is 4.36 Å². The summed E-state index contributed by atoms with van der Waals surface area (Å²) in [4.78, 5) is 5.18. The molecule has 0 aliphatic carbocycles. The van der Waals surface area contributed by atoms with Gasteiger partial charge < -0.3 is 14.8 Å². The molecule has 140 valence electrons. The average molecular weight is 368 g/mol. The van der Waals surface area contributed by atoms with Crippen molar-refractivity contribution in [3.05, 3.63) is 12.1 Å². The van der Waals surface area contributed by atoms with Gasteiger partial charge in [0.25, 0.3) is 0 Å². The van der Waals surface area contributed by atoms with Crippen LogP contribution in [0.25, 0.3) is 0 Å². The predicted octanol–water partition coefficient (Wildman–Crippen LogP) is 3.97. The van der Waals surface area contributed by atoms with Crippen LogP contribution in [-0.2, 0) is 9.73 Å². The molecule has 0 radical (unpaired) electrons. The Morgan fingerprint density at radius 2 is 1.76 bits per heavy atom. The number of aliphatic imine (C=N–C) groups is 1. The van der Waals surface area contributed by atoms with Crippen LogP contribution in [0.2, 0.25) is 0 Å². The van der Waals surface area contributed by atoms with Crippen molar-refractivity contribution in [3.63, 3.8) is 0 Å². The molecule has 1 atom stereocenters. The highest BCUT2D eigenvalue weighted by Crippen LogP contribution is 2.40. The summed E-state index contributed by atoms with van der Waals surface area (Å²) in [6.45, 7) is 11.8. The largest absolute Gasteiger partial charge is 0.490 e. The monoisotopic (exact) mass is 367 g/mol. The molecule has 0 saturated carbocycles. The number of fused-ring (bicyclic) bond motifs is 1. The molecular formula is C18H29N3O3S. The maximum absolute atomic E-state index is 13.3. The number of nitrogens with one attached hydrogen (secondary N) is 1. The van der Waals surface area contributed by atoms with Crippen LogP contribution in [0.15, 0.2) is 26.4 Å². The molecule has 1 unspecified atom stereocenters. The highest BCUT2D eigenvalue weighted by Gasteiger charge is 2.24. The van der Waals surface area contributed by atoms with Crippen molar-refractivity contribution in [1.82, 2.24) is 5.32 Å². The Hall–Kier alpha value is -1.76. The van der Waals surface area contributed by atoms with Crippen LogP contribution in [0, 0.1) is 5.92 Å². The second-order valence-corrected chi connectivity index (χ2v) is 8.68. The fourth-order valence-corrected chi connectivity index (χ4v) is 4.14. The Bertz CT molecular complexity index is 750. The van der Waals surface area contributed by atoms with Crippen molar-refractivity contribution in [2.24, 2.45) is 15.3 Å². The first-order chi connectivity index (χ1) is 11.9. The van der Waals surface area contributed by atoms with Gasteiger partial charge in [0.05, 0.1) is 33.5 Å². The number of hydrogen-bond acceptors (Lipinski definition) is 6. The summed E-state index contributed by atoms with van der Waals surface area (Å²) >= 11 is 0. The summed E-state index contributed by atoms with van der Waals surface area (Å²) in [6.07, 6.45) is 1.00. The van der Waals surface area contributed by atoms with E-state index < -0.39 is 9.73 Å². The lowest BCUT2D eigenvalue weighted by molar-refractivity contribution is 0.287. The van der Waals surface area contributed by atoms with E-state index in [1.54, 1.807) is 12.1 Å². The smallest absolute Gasteiger partial charge is 0.231 e. The van der Waals surface area contributed by atoms with Crippen molar-refractivity contribution in [3.8, 4) is 11.5 Å². The van der Waals surface area contributed by atoms with Crippen molar-refractivity contribution < 1.29 is 13.7 Å². The third-order valence-electron chi connectivity index (χ3n) is 3.82. The summed E-state index contributed by atoms with van der Waals surface area (Å²) in [7, 11) is -2.56. The molecule has 1 aliphatic heterocycles. The fraction of sp³-hybridized carbons (Fsp3) is 0.611. The Morgan fingerprint density at radius 3 is 2.32 bits per heavy atom. The van der Waals surface area contributed by atoms with Gasteiger partial charge in [-0.25, -0.2) is 9.20 Å². The molecule has 0 spiro atoms. The summed E-state index contributed by atoms with van der Waals surface area (Å²) in [5.74, 6) is 2.65. The summed E-state index contributed by atoms with van der Waals surface area (Å²) in [6, 6.07) is 3.57. The van der Waals surface area contributed by atoms with E-state index in [0.717, 1.165) is 13.0 Å². The summed E-state index contributed by atoms with van der Waals surface area (Å²) in [5.41, 5.74) is 0.640. The molecule has 7 heteroatoms. The number of ether oxygens (including phenoxy) is 2. The van der Waals surface area contributed by atoms with E-state index in [1.807, 2.05) is 20.8 Å². The molecule has 1 aliphatic rings. The van der Waals surface area contributed by atoms with Crippen LogP contribution in [0.5, 0.6) is 11.5 Å². The molecule has 6 nitrogen and oxygen atoms in total. The predicted molar refractivity (Wildman–Crippen MR) is 103 cm³/mol. The zero-order valence-corrected chi connectivity index (χ0v) is 16.6. The Balaban J connectivity index is 2.45. The van der Waals surface area contributed by atoms with Gasteiger partial charge in [-0.1, -0.05) is 20.8 Å². The normalized spacial score (nSPS) is 19.0. The Labute approximate surface area is 151 Å². The lowest BCUT2D eigenvalue weighted by Crippen LogP contribution is -2.27. The second-order valence-electron chi connectivity index (χ2n) is 6.20. The molecular weight excluding hydrogens is 338 g/mol. The lowest BCUT2D eigenvalue weighted by atomic mass is 10.1. The van der Waals surface area contributed by atoms with E-state index in [1.165, 1.54) is 0 Å². The minimum atomic E-state index is -2.56. The first kappa shape index (κ1) is 19.6. The molecule has 0 saturated heterocycles. The van der Waals surface area contributed by atoms with Gasteiger partial charge >= 0.3 is 0 Å². The maximum Gasteiger partial charge on any atom is 0.231 e. The molecule has 1 aromatic rings. The van der Waals surface area contributed by atoms with Gasteiger partial charge in [-0.3, -0.25) is 0 Å². The Kier molecular flexibility index (Phi) is 6.70. The van der Waals surface area contributed by atoms with Crippen molar-refractivity contribution >= 4 is 21.4 Å². The quantitative estimate of drug-likeness (QED) is 0.755. The number of benzene rings is 1.